The quantitative estimate of drug-likeness (QED) is 0.452. The summed E-state index contributed by atoms with van der Waals surface area (Å²) in [6.45, 7) is 10.5. The Hall–Kier alpha value is -1.75. The van der Waals surface area contributed by atoms with Crippen molar-refractivity contribution in [2.75, 3.05) is 19.6 Å². The van der Waals surface area contributed by atoms with E-state index in [1.807, 2.05) is 26.1 Å². The zero-order valence-electron chi connectivity index (χ0n) is 13.8. The summed E-state index contributed by atoms with van der Waals surface area (Å²) in [5.41, 5.74) is 1.53. The van der Waals surface area contributed by atoms with Gasteiger partial charge in [-0.3, -0.25) is 9.98 Å². The van der Waals surface area contributed by atoms with Crippen LogP contribution in [0.25, 0.3) is 0 Å². The molecule has 1 saturated heterocycles. The van der Waals surface area contributed by atoms with Crippen molar-refractivity contribution < 1.29 is 0 Å². The van der Waals surface area contributed by atoms with Crippen LogP contribution in [0.4, 0.5) is 0 Å². The molecule has 1 rings (SSSR count). The second-order valence-electron chi connectivity index (χ2n) is 5.45. The molecule has 1 fully saturated rings. The fourth-order valence-electron chi connectivity index (χ4n) is 2.26. The summed E-state index contributed by atoms with van der Waals surface area (Å²) in [4.78, 5) is 8.95. The van der Waals surface area contributed by atoms with E-state index in [0.29, 0.717) is 12.6 Å². The van der Waals surface area contributed by atoms with Crippen molar-refractivity contribution in [3.8, 4) is 0 Å². The first-order chi connectivity index (χ1) is 10.7. The molecule has 0 amide bonds. The second-order valence-corrected chi connectivity index (χ2v) is 5.45. The predicted molar refractivity (Wildman–Crippen MR) is 96.6 cm³/mol. The van der Waals surface area contributed by atoms with Gasteiger partial charge in [0.15, 0.2) is 0 Å². The summed E-state index contributed by atoms with van der Waals surface area (Å²) in [5, 5.41) is 14.4. The Kier molecular flexibility index (Phi) is 9.07. The van der Waals surface area contributed by atoms with Gasteiger partial charge in [0.25, 0.3) is 0 Å². The molecule has 0 aromatic rings. The van der Waals surface area contributed by atoms with E-state index in [9.17, 15) is 0 Å². The smallest absolute Gasteiger partial charge is 0.0854 e. The van der Waals surface area contributed by atoms with Crippen molar-refractivity contribution in [1.82, 2.24) is 10.6 Å². The largest absolute Gasteiger partial charge is 0.387 e. The van der Waals surface area contributed by atoms with E-state index in [2.05, 4.69) is 27.2 Å². The van der Waals surface area contributed by atoms with Crippen LogP contribution in [0, 0.1) is 5.41 Å². The highest BCUT2D eigenvalue weighted by Crippen LogP contribution is 2.04. The number of hydrogen-bond donors (Lipinski definition) is 3. The van der Waals surface area contributed by atoms with Crippen LogP contribution in [0.1, 0.15) is 33.1 Å². The molecule has 1 atom stereocenters. The third kappa shape index (κ3) is 6.80. The summed E-state index contributed by atoms with van der Waals surface area (Å²) >= 11 is 0. The van der Waals surface area contributed by atoms with Gasteiger partial charge in [-0.15, -0.1) is 6.58 Å². The average Bonchev–Trinajstić information content (AvgIpc) is 2.54. The van der Waals surface area contributed by atoms with Crippen molar-refractivity contribution in [3.63, 3.8) is 0 Å². The molecule has 0 radical (unpaired) electrons. The van der Waals surface area contributed by atoms with Gasteiger partial charge in [0, 0.05) is 36.8 Å². The third-order valence-corrected chi connectivity index (χ3v) is 3.55. The lowest BCUT2D eigenvalue weighted by Gasteiger charge is -2.23. The van der Waals surface area contributed by atoms with E-state index < -0.39 is 0 Å². The minimum absolute atomic E-state index is 0.184. The average molecular weight is 303 g/mol. The molecule has 0 aromatic carbocycles. The van der Waals surface area contributed by atoms with Gasteiger partial charge in [-0.2, -0.15) is 0 Å². The van der Waals surface area contributed by atoms with Crippen LogP contribution in [0.3, 0.4) is 0 Å². The summed E-state index contributed by atoms with van der Waals surface area (Å²) in [6.07, 6.45) is 9.93. The number of rotatable bonds is 9. The zero-order valence-corrected chi connectivity index (χ0v) is 13.8. The lowest BCUT2D eigenvalue weighted by atomic mass is 10.1. The molecule has 0 bridgehead atoms. The summed E-state index contributed by atoms with van der Waals surface area (Å²) in [5.74, 6) is 0. The van der Waals surface area contributed by atoms with E-state index in [4.69, 9.17) is 5.41 Å². The predicted octanol–water partition coefficient (Wildman–Crippen LogP) is 2.36. The molecule has 0 aromatic heterocycles. The molecular formula is C17H29N5. The van der Waals surface area contributed by atoms with Crippen molar-refractivity contribution in [2.24, 2.45) is 9.98 Å². The van der Waals surface area contributed by atoms with Gasteiger partial charge >= 0.3 is 0 Å². The Bertz CT molecular complexity index is 430. The molecule has 0 aliphatic carbocycles. The fraction of sp³-hybridized carbons (Fsp3) is 0.588. The maximum atomic E-state index is 7.65. The van der Waals surface area contributed by atoms with E-state index >= 15 is 0 Å². The molecule has 1 aliphatic heterocycles. The SMILES string of the molecule is C=CCC(C)\N=C/C(=N\CC)C(/C=N)=C/NC1CCNCC1. The van der Waals surface area contributed by atoms with Crippen molar-refractivity contribution in [3.05, 3.63) is 24.4 Å². The van der Waals surface area contributed by atoms with Gasteiger partial charge < -0.3 is 16.0 Å². The third-order valence-electron chi connectivity index (χ3n) is 3.55. The van der Waals surface area contributed by atoms with Gasteiger partial charge in [-0.25, -0.2) is 0 Å². The maximum Gasteiger partial charge on any atom is 0.0854 e. The number of hydrogen-bond acceptors (Lipinski definition) is 5. The second kappa shape index (κ2) is 10.9. The molecule has 3 N–H and O–H groups in total. The Morgan fingerprint density at radius 1 is 1.45 bits per heavy atom. The normalized spacial score (nSPS) is 19.2. The highest BCUT2D eigenvalue weighted by molar-refractivity contribution is 6.43. The van der Waals surface area contributed by atoms with E-state index in [1.54, 1.807) is 6.21 Å². The van der Waals surface area contributed by atoms with E-state index in [1.165, 1.54) is 6.21 Å². The standard InChI is InChI=1S/C17H29N5/c1-4-6-14(3)21-13-17(20-5-2)15(11-18)12-22-16-7-9-19-10-8-16/h4,11-14,16,18-19,22H,1,5-10H2,2-3H3/b15-12+,18-11?,20-17+,21-13-. The molecular weight excluding hydrogens is 274 g/mol. The van der Waals surface area contributed by atoms with Gasteiger partial charge in [-0.05, 0) is 46.2 Å². The zero-order chi connectivity index (χ0) is 16.2. The number of aliphatic imine (C=N–C) groups is 2. The first-order valence-corrected chi connectivity index (χ1v) is 8.07. The maximum absolute atomic E-state index is 7.65. The topological polar surface area (TPSA) is 72.6 Å². The van der Waals surface area contributed by atoms with Crippen molar-refractivity contribution in [2.45, 2.75) is 45.2 Å². The minimum atomic E-state index is 0.184. The molecule has 5 nitrogen and oxygen atoms in total. The number of allylic oxidation sites excluding steroid dienone is 1. The van der Waals surface area contributed by atoms with Crippen LogP contribution >= 0.6 is 0 Å². The fourth-order valence-corrected chi connectivity index (χ4v) is 2.26. The van der Waals surface area contributed by atoms with Crippen LogP contribution in [-0.2, 0) is 0 Å². The Morgan fingerprint density at radius 3 is 2.77 bits per heavy atom. The first kappa shape index (κ1) is 18.3. The number of piperidine rings is 1. The molecule has 5 heteroatoms. The lowest BCUT2D eigenvalue weighted by molar-refractivity contribution is 0.420. The molecule has 22 heavy (non-hydrogen) atoms. The lowest BCUT2D eigenvalue weighted by Crippen LogP contribution is -2.38. The first-order valence-electron chi connectivity index (χ1n) is 8.07. The minimum Gasteiger partial charge on any atom is -0.387 e. The highest BCUT2D eigenvalue weighted by Gasteiger charge is 2.11. The molecule has 0 saturated carbocycles. The Morgan fingerprint density at radius 2 is 2.18 bits per heavy atom. The van der Waals surface area contributed by atoms with Gasteiger partial charge in [0.1, 0.15) is 0 Å². The highest BCUT2D eigenvalue weighted by atomic mass is 15.0. The van der Waals surface area contributed by atoms with Crippen LogP contribution in [0.5, 0.6) is 0 Å². The number of nitrogens with one attached hydrogen (secondary N) is 3. The molecule has 1 unspecified atom stereocenters. The van der Waals surface area contributed by atoms with Crippen LogP contribution in [0.2, 0.25) is 0 Å². The van der Waals surface area contributed by atoms with E-state index in [0.717, 1.165) is 43.6 Å². The molecule has 0 spiro atoms. The molecule has 122 valence electrons. The van der Waals surface area contributed by atoms with Gasteiger partial charge in [0.05, 0.1) is 11.8 Å². The van der Waals surface area contributed by atoms with Crippen LogP contribution in [0.15, 0.2) is 34.4 Å². The van der Waals surface area contributed by atoms with Crippen molar-refractivity contribution in [1.29, 1.82) is 5.41 Å². The number of nitrogens with zero attached hydrogens (tertiary/aromatic N) is 2. The summed E-state index contributed by atoms with van der Waals surface area (Å²) in [7, 11) is 0. The van der Waals surface area contributed by atoms with Crippen molar-refractivity contribution >= 4 is 18.1 Å². The van der Waals surface area contributed by atoms with Gasteiger partial charge in [0.2, 0.25) is 0 Å². The Balaban J connectivity index is 2.74. The van der Waals surface area contributed by atoms with E-state index in [-0.39, 0.29) is 6.04 Å². The molecule has 1 aliphatic rings. The van der Waals surface area contributed by atoms with Gasteiger partial charge in [-0.1, -0.05) is 6.08 Å². The van der Waals surface area contributed by atoms with Crippen LogP contribution in [-0.4, -0.2) is 49.9 Å². The molecule has 1 heterocycles. The monoisotopic (exact) mass is 303 g/mol. The van der Waals surface area contributed by atoms with Crippen LogP contribution < -0.4 is 10.6 Å². The summed E-state index contributed by atoms with van der Waals surface area (Å²) < 4.78 is 0. The summed E-state index contributed by atoms with van der Waals surface area (Å²) in [6, 6.07) is 0.652. The Labute approximate surface area is 134 Å².